The number of amides is 2. The van der Waals surface area contributed by atoms with Crippen molar-refractivity contribution in [2.75, 3.05) is 0 Å². The fraction of sp³-hybridized carbons (Fsp3) is 0.714. The van der Waals surface area contributed by atoms with Crippen LogP contribution in [0.1, 0.15) is 20.3 Å². The third-order valence-electron chi connectivity index (χ3n) is 1.79. The molecule has 0 aliphatic carbocycles. The molecule has 1 saturated heterocycles. The summed E-state index contributed by atoms with van der Waals surface area (Å²) in [5.41, 5.74) is 0. The summed E-state index contributed by atoms with van der Waals surface area (Å²) < 4.78 is 0. The van der Waals surface area contributed by atoms with E-state index in [2.05, 4.69) is 10.6 Å². The summed E-state index contributed by atoms with van der Waals surface area (Å²) in [6.07, 6.45) is 0.404. The lowest BCUT2D eigenvalue weighted by molar-refractivity contribution is -0.119. The van der Waals surface area contributed by atoms with Crippen molar-refractivity contribution in [3.63, 3.8) is 0 Å². The predicted molar refractivity (Wildman–Crippen MR) is 39.8 cm³/mol. The Morgan fingerprint density at radius 1 is 1.73 bits per heavy atom. The van der Waals surface area contributed by atoms with Crippen molar-refractivity contribution in [1.82, 2.24) is 10.6 Å². The Labute approximate surface area is 65.3 Å². The molecule has 0 bridgehead atoms. The molecule has 62 valence electrons. The number of hydrogen-bond acceptors (Lipinski definition) is 2. The number of carbonyl (C=O) groups excluding carboxylic acids is 2. The van der Waals surface area contributed by atoms with Crippen LogP contribution < -0.4 is 10.6 Å². The summed E-state index contributed by atoms with van der Waals surface area (Å²) >= 11 is 0. The molecule has 2 unspecified atom stereocenters. The minimum absolute atomic E-state index is 0.0104. The van der Waals surface area contributed by atoms with Crippen molar-refractivity contribution in [3.05, 3.63) is 0 Å². The molecule has 2 N–H and O–H groups in total. The third kappa shape index (κ3) is 1.93. The summed E-state index contributed by atoms with van der Waals surface area (Å²) in [5.74, 6) is -0.0744. The van der Waals surface area contributed by atoms with Gasteiger partial charge in [-0.15, -0.1) is 0 Å². The van der Waals surface area contributed by atoms with E-state index in [4.69, 9.17) is 0 Å². The van der Waals surface area contributed by atoms with Gasteiger partial charge in [0, 0.05) is 19.4 Å². The summed E-state index contributed by atoms with van der Waals surface area (Å²) in [5, 5.41) is 5.42. The van der Waals surface area contributed by atoms with E-state index in [1.54, 1.807) is 0 Å². The van der Waals surface area contributed by atoms with E-state index in [-0.39, 0.29) is 23.9 Å². The SMILES string of the molecule is CC(=O)NC1CC(=O)NC1C. The van der Waals surface area contributed by atoms with Crippen LogP contribution in [0.25, 0.3) is 0 Å². The normalized spacial score (nSPS) is 29.8. The first-order valence-electron chi connectivity index (χ1n) is 3.66. The molecule has 1 fully saturated rings. The van der Waals surface area contributed by atoms with Gasteiger partial charge in [0.05, 0.1) is 6.04 Å². The first-order valence-corrected chi connectivity index (χ1v) is 3.66. The van der Waals surface area contributed by atoms with Gasteiger partial charge in [-0.05, 0) is 6.92 Å². The average Bonchev–Trinajstić information content (AvgIpc) is 2.09. The maximum Gasteiger partial charge on any atom is 0.222 e. The molecular weight excluding hydrogens is 144 g/mol. The van der Waals surface area contributed by atoms with E-state index >= 15 is 0 Å². The Hall–Kier alpha value is -1.06. The highest BCUT2D eigenvalue weighted by molar-refractivity contribution is 5.81. The van der Waals surface area contributed by atoms with Gasteiger partial charge < -0.3 is 10.6 Å². The molecule has 0 aromatic carbocycles. The first-order chi connectivity index (χ1) is 5.09. The van der Waals surface area contributed by atoms with Crippen molar-refractivity contribution in [1.29, 1.82) is 0 Å². The van der Waals surface area contributed by atoms with Gasteiger partial charge in [-0.3, -0.25) is 9.59 Å². The molecule has 0 aromatic heterocycles. The van der Waals surface area contributed by atoms with E-state index in [0.29, 0.717) is 6.42 Å². The van der Waals surface area contributed by atoms with Gasteiger partial charge in [-0.25, -0.2) is 0 Å². The Bertz CT molecular complexity index is 191. The average molecular weight is 156 g/mol. The van der Waals surface area contributed by atoms with Crippen LogP contribution in [-0.2, 0) is 9.59 Å². The van der Waals surface area contributed by atoms with Crippen LogP contribution >= 0.6 is 0 Å². The molecule has 4 heteroatoms. The van der Waals surface area contributed by atoms with Crippen LogP contribution in [0, 0.1) is 0 Å². The highest BCUT2D eigenvalue weighted by Gasteiger charge is 2.28. The molecular formula is C7H12N2O2. The topological polar surface area (TPSA) is 58.2 Å². The fourth-order valence-electron chi connectivity index (χ4n) is 1.23. The van der Waals surface area contributed by atoms with Crippen molar-refractivity contribution in [2.45, 2.75) is 32.4 Å². The maximum atomic E-state index is 10.8. The van der Waals surface area contributed by atoms with Gasteiger partial charge in [0.25, 0.3) is 0 Å². The van der Waals surface area contributed by atoms with E-state index in [1.165, 1.54) is 6.92 Å². The zero-order valence-electron chi connectivity index (χ0n) is 6.68. The fourth-order valence-corrected chi connectivity index (χ4v) is 1.23. The Morgan fingerprint density at radius 3 is 2.73 bits per heavy atom. The van der Waals surface area contributed by atoms with Crippen LogP contribution in [-0.4, -0.2) is 23.9 Å². The molecule has 1 aliphatic rings. The lowest BCUT2D eigenvalue weighted by atomic mass is 10.1. The van der Waals surface area contributed by atoms with Gasteiger partial charge in [-0.1, -0.05) is 0 Å². The number of hydrogen-bond donors (Lipinski definition) is 2. The lowest BCUT2D eigenvalue weighted by Crippen LogP contribution is -2.40. The molecule has 0 aromatic rings. The van der Waals surface area contributed by atoms with Gasteiger partial charge in [0.1, 0.15) is 0 Å². The quantitative estimate of drug-likeness (QED) is 0.532. The molecule has 0 spiro atoms. The second-order valence-electron chi connectivity index (χ2n) is 2.87. The summed E-state index contributed by atoms with van der Waals surface area (Å²) in [7, 11) is 0. The van der Waals surface area contributed by atoms with Crippen molar-refractivity contribution in [2.24, 2.45) is 0 Å². The van der Waals surface area contributed by atoms with Gasteiger partial charge in [0.2, 0.25) is 11.8 Å². The molecule has 1 rings (SSSR count). The van der Waals surface area contributed by atoms with Gasteiger partial charge in [0.15, 0.2) is 0 Å². The van der Waals surface area contributed by atoms with E-state index in [0.717, 1.165) is 0 Å². The standard InChI is InChI=1S/C7H12N2O2/c1-4-6(9-5(2)10)3-7(11)8-4/h4,6H,3H2,1-2H3,(H,8,11)(H,9,10). The number of nitrogens with one attached hydrogen (secondary N) is 2. The summed E-state index contributed by atoms with van der Waals surface area (Å²) in [4.78, 5) is 21.4. The largest absolute Gasteiger partial charge is 0.352 e. The number of rotatable bonds is 1. The van der Waals surface area contributed by atoms with Crippen LogP contribution in [0.4, 0.5) is 0 Å². The van der Waals surface area contributed by atoms with Crippen LogP contribution in [0.3, 0.4) is 0 Å². The Kier molecular flexibility index (Phi) is 2.12. The minimum atomic E-state index is -0.0849. The highest BCUT2D eigenvalue weighted by Crippen LogP contribution is 2.06. The second kappa shape index (κ2) is 2.90. The Morgan fingerprint density at radius 2 is 2.36 bits per heavy atom. The highest BCUT2D eigenvalue weighted by atomic mass is 16.2. The molecule has 4 nitrogen and oxygen atoms in total. The number of carbonyl (C=O) groups is 2. The zero-order valence-corrected chi connectivity index (χ0v) is 6.68. The van der Waals surface area contributed by atoms with E-state index in [1.807, 2.05) is 6.92 Å². The molecule has 0 radical (unpaired) electrons. The molecule has 2 atom stereocenters. The Balaban J connectivity index is 2.46. The lowest BCUT2D eigenvalue weighted by Gasteiger charge is -2.13. The van der Waals surface area contributed by atoms with E-state index in [9.17, 15) is 9.59 Å². The maximum absolute atomic E-state index is 10.8. The van der Waals surface area contributed by atoms with Crippen LogP contribution in [0.2, 0.25) is 0 Å². The molecule has 2 amide bonds. The third-order valence-corrected chi connectivity index (χ3v) is 1.79. The van der Waals surface area contributed by atoms with Crippen LogP contribution in [0.5, 0.6) is 0 Å². The van der Waals surface area contributed by atoms with Crippen LogP contribution in [0.15, 0.2) is 0 Å². The smallest absolute Gasteiger partial charge is 0.222 e. The van der Waals surface area contributed by atoms with Crippen molar-refractivity contribution in [3.8, 4) is 0 Å². The molecule has 11 heavy (non-hydrogen) atoms. The predicted octanol–water partition coefficient (Wildman–Crippen LogP) is -0.600. The van der Waals surface area contributed by atoms with Crippen molar-refractivity contribution >= 4 is 11.8 Å². The van der Waals surface area contributed by atoms with Gasteiger partial charge >= 0.3 is 0 Å². The van der Waals surface area contributed by atoms with Crippen molar-refractivity contribution < 1.29 is 9.59 Å². The molecule has 1 heterocycles. The second-order valence-corrected chi connectivity index (χ2v) is 2.87. The monoisotopic (exact) mass is 156 g/mol. The summed E-state index contributed by atoms with van der Waals surface area (Å²) in [6, 6.07) is 0.0337. The van der Waals surface area contributed by atoms with E-state index < -0.39 is 0 Å². The first kappa shape index (κ1) is 8.04. The van der Waals surface area contributed by atoms with Gasteiger partial charge in [-0.2, -0.15) is 0 Å². The minimum Gasteiger partial charge on any atom is -0.352 e. The molecule has 0 saturated carbocycles. The summed E-state index contributed by atoms with van der Waals surface area (Å²) in [6.45, 7) is 3.33. The zero-order chi connectivity index (χ0) is 8.43. The molecule has 1 aliphatic heterocycles.